The Hall–Kier alpha value is -3.08. The number of alkyl halides is 3. The van der Waals surface area contributed by atoms with E-state index in [1.54, 1.807) is 19.2 Å². The minimum atomic E-state index is -4.46. The molecule has 7 nitrogen and oxygen atoms in total. The first-order valence-electron chi connectivity index (χ1n) is 10.4. The molecule has 0 aromatic carbocycles. The molecule has 1 aliphatic carbocycles. The van der Waals surface area contributed by atoms with Crippen molar-refractivity contribution in [3.63, 3.8) is 0 Å². The van der Waals surface area contributed by atoms with Gasteiger partial charge in [-0.25, -0.2) is 19.9 Å². The quantitative estimate of drug-likeness (QED) is 0.482. The Kier molecular flexibility index (Phi) is 6.08. The van der Waals surface area contributed by atoms with Crippen LogP contribution in [0.3, 0.4) is 0 Å². The molecule has 0 saturated heterocycles. The first-order valence-corrected chi connectivity index (χ1v) is 11.2. The van der Waals surface area contributed by atoms with Crippen LogP contribution < -0.4 is 5.32 Å². The van der Waals surface area contributed by atoms with Gasteiger partial charge < -0.3 is 10.4 Å². The molecule has 3 aromatic heterocycles. The average Bonchev–Trinajstić information content (AvgIpc) is 3.26. The van der Waals surface area contributed by atoms with Gasteiger partial charge in [-0.3, -0.25) is 4.79 Å². The molecule has 3 atom stereocenters. The second-order valence-electron chi connectivity index (χ2n) is 8.48. The highest BCUT2D eigenvalue weighted by molar-refractivity contribution is 7.15. The molecule has 0 radical (unpaired) electrons. The number of hydrogen-bond donors (Lipinski definition) is 2. The van der Waals surface area contributed by atoms with Crippen molar-refractivity contribution in [3.8, 4) is 10.7 Å². The molecule has 11 heteroatoms. The van der Waals surface area contributed by atoms with Crippen molar-refractivity contribution in [2.24, 2.45) is 11.3 Å². The average molecular weight is 478 g/mol. The van der Waals surface area contributed by atoms with Crippen molar-refractivity contribution in [1.29, 1.82) is 0 Å². The van der Waals surface area contributed by atoms with Crippen molar-refractivity contribution in [2.45, 2.75) is 45.2 Å². The topological polar surface area (TPSA) is 101 Å². The standard InChI is InChI=1S/C22H22F3N5O2S/c1-12-9-13(3-6-21(12,2)20(31)32)19-28-11-15(33-19)18-27-8-5-16(30-18)29-17-10-14(4-7-26-17)22(23,24)25/h4-5,7-8,10-13H,3,6,9H2,1-2H3,(H,31,32)(H,26,27,29,30). The monoisotopic (exact) mass is 477 g/mol. The van der Waals surface area contributed by atoms with Gasteiger partial charge in [-0.1, -0.05) is 6.92 Å². The maximum Gasteiger partial charge on any atom is 0.416 e. The summed E-state index contributed by atoms with van der Waals surface area (Å²) in [6.07, 6.45) is 1.87. The molecule has 174 valence electrons. The van der Waals surface area contributed by atoms with E-state index in [4.69, 9.17) is 0 Å². The van der Waals surface area contributed by atoms with Crippen LogP contribution in [0.25, 0.3) is 10.7 Å². The summed E-state index contributed by atoms with van der Waals surface area (Å²) in [6.45, 7) is 3.77. The molecule has 0 aliphatic heterocycles. The van der Waals surface area contributed by atoms with E-state index in [0.29, 0.717) is 18.1 Å². The van der Waals surface area contributed by atoms with Gasteiger partial charge in [-0.15, -0.1) is 11.3 Å². The van der Waals surface area contributed by atoms with Gasteiger partial charge in [0.05, 0.1) is 20.9 Å². The molecule has 0 bridgehead atoms. The highest BCUT2D eigenvalue weighted by Crippen LogP contribution is 2.48. The molecule has 0 amide bonds. The number of hydrogen-bond acceptors (Lipinski definition) is 7. The lowest BCUT2D eigenvalue weighted by molar-refractivity contribution is -0.153. The number of aromatic nitrogens is 4. The zero-order valence-electron chi connectivity index (χ0n) is 17.9. The lowest BCUT2D eigenvalue weighted by Gasteiger charge is -2.39. The third kappa shape index (κ3) is 4.82. The highest BCUT2D eigenvalue weighted by Gasteiger charge is 2.44. The Bertz CT molecular complexity index is 1170. The van der Waals surface area contributed by atoms with Crippen LogP contribution in [-0.4, -0.2) is 31.0 Å². The zero-order valence-corrected chi connectivity index (χ0v) is 18.7. The maximum atomic E-state index is 12.9. The highest BCUT2D eigenvalue weighted by atomic mass is 32.1. The largest absolute Gasteiger partial charge is 0.481 e. The Morgan fingerprint density at radius 1 is 1.21 bits per heavy atom. The third-order valence-electron chi connectivity index (χ3n) is 6.32. The molecule has 3 heterocycles. The molecule has 1 fully saturated rings. The summed E-state index contributed by atoms with van der Waals surface area (Å²) < 4.78 is 38.8. The number of thiazole rings is 1. The van der Waals surface area contributed by atoms with Crippen LogP contribution in [0, 0.1) is 11.3 Å². The van der Waals surface area contributed by atoms with E-state index in [9.17, 15) is 23.1 Å². The molecule has 1 aliphatic rings. The Morgan fingerprint density at radius 2 is 1.97 bits per heavy atom. The molecule has 3 unspecified atom stereocenters. The fourth-order valence-electron chi connectivity index (χ4n) is 4.00. The van der Waals surface area contributed by atoms with Crippen LogP contribution in [0.15, 0.2) is 36.8 Å². The van der Waals surface area contributed by atoms with Crippen LogP contribution in [0.5, 0.6) is 0 Å². The maximum absolute atomic E-state index is 12.9. The number of aliphatic carboxylic acids is 1. The summed E-state index contributed by atoms with van der Waals surface area (Å²) in [5.41, 5.74) is -1.53. The summed E-state index contributed by atoms with van der Waals surface area (Å²) in [6, 6.07) is 3.37. The normalized spacial score (nSPS) is 23.3. The SMILES string of the molecule is CC1CC(c2ncc(-c3nccc(Nc4cc(C(F)(F)F)ccn4)n3)s2)CCC1(C)C(=O)O. The summed E-state index contributed by atoms with van der Waals surface area (Å²) in [4.78, 5) is 29.5. The lowest BCUT2D eigenvalue weighted by atomic mass is 9.65. The van der Waals surface area contributed by atoms with Crippen LogP contribution in [0.1, 0.15) is 49.6 Å². The van der Waals surface area contributed by atoms with Crippen LogP contribution >= 0.6 is 11.3 Å². The molecule has 2 N–H and O–H groups in total. The van der Waals surface area contributed by atoms with Crippen LogP contribution in [0.4, 0.5) is 24.8 Å². The second-order valence-corrected chi connectivity index (χ2v) is 9.54. The first-order chi connectivity index (χ1) is 15.6. The second kappa shape index (κ2) is 8.69. The fraction of sp³-hybridized carbons (Fsp3) is 0.409. The number of halogens is 3. The zero-order chi connectivity index (χ0) is 23.8. The van der Waals surface area contributed by atoms with Gasteiger partial charge in [0.2, 0.25) is 0 Å². The Balaban J connectivity index is 1.50. The van der Waals surface area contributed by atoms with Crippen molar-refractivity contribution < 1.29 is 23.1 Å². The number of nitrogens with one attached hydrogen (secondary N) is 1. The van der Waals surface area contributed by atoms with Crippen LogP contribution in [0.2, 0.25) is 0 Å². The van der Waals surface area contributed by atoms with Crippen LogP contribution in [-0.2, 0) is 11.0 Å². The van der Waals surface area contributed by atoms with Gasteiger partial charge in [-0.05, 0) is 50.3 Å². The van der Waals surface area contributed by atoms with E-state index in [-0.39, 0.29) is 17.7 Å². The number of carboxylic acids is 1. The smallest absolute Gasteiger partial charge is 0.416 e. The van der Waals surface area contributed by atoms with Gasteiger partial charge in [0.15, 0.2) is 5.82 Å². The van der Waals surface area contributed by atoms with E-state index in [2.05, 4.69) is 25.3 Å². The van der Waals surface area contributed by atoms with Crippen molar-refractivity contribution in [3.05, 3.63) is 47.4 Å². The number of rotatable bonds is 5. The predicted octanol–water partition coefficient (Wildman–Crippen LogP) is 5.75. The van der Waals surface area contributed by atoms with Gasteiger partial charge >= 0.3 is 12.1 Å². The summed E-state index contributed by atoms with van der Waals surface area (Å²) >= 11 is 1.45. The summed E-state index contributed by atoms with van der Waals surface area (Å²) in [7, 11) is 0. The first kappa shape index (κ1) is 23.1. The molecular formula is C22H22F3N5O2S. The van der Waals surface area contributed by atoms with Crippen molar-refractivity contribution in [1.82, 2.24) is 19.9 Å². The van der Waals surface area contributed by atoms with E-state index in [0.717, 1.165) is 41.1 Å². The number of anilines is 2. The molecule has 4 rings (SSSR count). The number of carboxylic acid groups (broad SMARTS) is 1. The third-order valence-corrected chi connectivity index (χ3v) is 7.47. The number of nitrogens with zero attached hydrogens (tertiary/aromatic N) is 4. The summed E-state index contributed by atoms with van der Waals surface area (Å²) in [5, 5.41) is 13.3. The molecule has 3 aromatic rings. The molecule has 33 heavy (non-hydrogen) atoms. The molecule has 0 spiro atoms. The van der Waals surface area contributed by atoms with Gasteiger partial charge in [0.25, 0.3) is 0 Å². The number of carbonyl (C=O) groups is 1. The minimum Gasteiger partial charge on any atom is -0.481 e. The van der Waals surface area contributed by atoms with E-state index in [1.165, 1.54) is 17.5 Å². The fourth-order valence-corrected chi connectivity index (χ4v) is 5.01. The number of pyridine rings is 1. The lowest BCUT2D eigenvalue weighted by Crippen LogP contribution is -2.38. The van der Waals surface area contributed by atoms with Crippen molar-refractivity contribution in [2.75, 3.05) is 5.32 Å². The van der Waals surface area contributed by atoms with E-state index in [1.807, 2.05) is 6.92 Å². The Labute approximate surface area is 192 Å². The predicted molar refractivity (Wildman–Crippen MR) is 117 cm³/mol. The van der Waals surface area contributed by atoms with Gasteiger partial charge in [-0.2, -0.15) is 13.2 Å². The van der Waals surface area contributed by atoms with E-state index < -0.39 is 23.1 Å². The van der Waals surface area contributed by atoms with Gasteiger partial charge in [0, 0.05) is 24.5 Å². The Morgan fingerprint density at radius 3 is 2.67 bits per heavy atom. The summed E-state index contributed by atoms with van der Waals surface area (Å²) in [5.74, 6) is 0.158. The van der Waals surface area contributed by atoms with Crippen molar-refractivity contribution >= 4 is 28.9 Å². The molecular weight excluding hydrogens is 455 g/mol. The van der Waals surface area contributed by atoms with Gasteiger partial charge in [0.1, 0.15) is 11.6 Å². The minimum absolute atomic E-state index is 0.0184. The molecule has 1 saturated carbocycles. The van der Waals surface area contributed by atoms with E-state index >= 15 is 0 Å².